The molecule has 0 saturated carbocycles. The van der Waals surface area contributed by atoms with E-state index < -0.39 is 24.0 Å². The number of benzene rings is 2. The van der Waals surface area contributed by atoms with Gasteiger partial charge < -0.3 is 30.4 Å². The van der Waals surface area contributed by atoms with E-state index in [0.29, 0.717) is 32.3 Å². The van der Waals surface area contributed by atoms with E-state index >= 15 is 0 Å². The molecule has 0 radical (unpaired) electrons. The topological polar surface area (TPSA) is 197 Å². The number of hydrogen-bond acceptors (Lipinski definition) is 12. The summed E-state index contributed by atoms with van der Waals surface area (Å²) in [6, 6.07) is 12.5. The number of carboxylic acids is 2. The first-order valence-electron chi connectivity index (χ1n) is 10.3. The molecule has 38 heavy (non-hydrogen) atoms. The molecule has 0 aliphatic carbocycles. The van der Waals surface area contributed by atoms with Gasteiger partial charge in [0.25, 0.3) is 0 Å². The normalized spacial score (nSPS) is 11.4. The number of carbonyl (C=O) groups excluding carboxylic acids is 2. The molecule has 0 aliphatic rings. The number of H-pyrrole nitrogens is 2. The van der Waals surface area contributed by atoms with Crippen molar-refractivity contribution in [3.63, 3.8) is 0 Å². The molecular weight excluding hydrogens is 554 g/mol. The van der Waals surface area contributed by atoms with E-state index in [-0.39, 0.29) is 59.1 Å². The molecule has 2 aromatic carbocycles. The van der Waals surface area contributed by atoms with Crippen LogP contribution in [0.15, 0.2) is 48.5 Å². The number of aromatic nitrogens is 8. The third-order valence-corrected chi connectivity index (χ3v) is 5.15. The zero-order valence-corrected chi connectivity index (χ0v) is 26.5. The zero-order valence-electron chi connectivity index (χ0n) is 20.9. The number of carboxylic acid groups (broad SMARTS) is 2. The Bertz CT molecular complexity index is 1360. The predicted octanol–water partition coefficient (Wildman–Crippen LogP) is -6.24. The van der Waals surface area contributed by atoms with Crippen molar-refractivity contribution in [3.05, 3.63) is 58.1 Å². The molecule has 2 aromatic heterocycles. The van der Waals surface area contributed by atoms with Gasteiger partial charge in [-0.2, -0.15) is 10.4 Å². The molecule has 4 aromatic rings. The number of nitrogens with one attached hydrogen (secondary N) is 4. The smallest absolute Gasteiger partial charge is 0.548 e. The number of tetrazole rings is 2. The molecular formula is C20H20N10Na2O4S2. The summed E-state index contributed by atoms with van der Waals surface area (Å²) in [5.41, 5.74) is 2.70. The minimum Gasteiger partial charge on any atom is -0.548 e. The van der Waals surface area contributed by atoms with Crippen molar-refractivity contribution in [2.75, 3.05) is 10.6 Å². The summed E-state index contributed by atoms with van der Waals surface area (Å²) in [4.78, 5) is 21.3. The van der Waals surface area contributed by atoms with Gasteiger partial charge in [-0.05, 0) is 74.7 Å². The molecule has 18 heteroatoms. The van der Waals surface area contributed by atoms with Crippen molar-refractivity contribution in [1.82, 2.24) is 40.4 Å². The molecule has 14 nitrogen and oxygen atoms in total. The Kier molecular flexibility index (Phi) is 14.0. The first kappa shape index (κ1) is 33.6. The fraction of sp³-hybridized carbons (Fsp3) is 0.200. The quantitative estimate of drug-likeness (QED) is 0.115. The van der Waals surface area contributed by atoms with Gasteiger partial charge in [-0.15, -0.1) is 0 Å². The van der Waals surface area contributed by atoms with E-state index in [1.54, 1.807) is 48.5 Å². The van der Waals surface area contributed by atoms with Crippen molar-refractivity contribution >= 4 is 47.7 Å². The van der Waals surface area contributed by atoms with Crippen LogP contribution in [0.1, 0.15) is 13.8 Å². The molecule has 4 N–H and O–H groups in total. The Morgan fingerprint density at radius 3 is 1.45 bits per heavy atom. The molecule has 0 aliphatic heterocycles. The largest absolute Gasteiger partial charge is 1.00 e. The van der Waals surface area contributed by atoms with Gasteiger partial charge in [0.15, 0.2) is 0 Å². The van der Waals surface area contributed by atoms with E-state index in [1.165, 1.54) is 23.2 Å². The molecule has 188 valence electrons. The summed E-state index contributed by atoms with van der Waals surface area (Å²) >= 11 is 9.95. The number of anilines is 2. The van der Waals surface area contributed by atoms with Gasteiger partial charge in [0, 0.05) is 11.4 Å². The Morgan fingerprint density at radius 1 is 0.789 bits per heavy atom. The third kappa shape index (κ3) is 9.39. The van der Waals surface area contributed by atoms with Crippen molar-refractivity contribution in [1.29, 1.82) is 0 Å². The predicted molar refractivity (Wildman–Crippen MR) is 129 cm³/mol. The number of rotatable bonds is 8. The Balaban J connectivity index is 0.000000361. The van der Waals surface area contributed by atoms with Crippen molar-refractivity contribution in [3.8, 4) is 11.4 Å². The van der Waals surface area contributed by atoms with E-state index in [2.05, 4.69) is 41.7 Å². The summed E-state index contributed by atoms with van der Waals surface area (Å²) in [7, 11) is 0. The summed E-state index contributed by atoms with van der Waals surface area (Å²) in [6.45, 7) is 3.01. The van der Waals surface area contributed by atoms with E-state index in [1.807, 2.05) is 0 Å². The maximum absolute atomic E-state index is 10.6. The van der Waals surface area contributed by atoms with Crippen LogP contribution in [0.25, 0.3) is 11.4 Å². The fourth-order valence-corrected chi connectivity index (χ4v) is 3.19. The Hall–Kier alpha value is -2.44. The van der Waals surface area contributed by atoms with Crippen LogP contribution in [0.2, 0.25) is 0 Å². The van der Waals surface area contributed by atoms with Crippen LogP contribution in [0, 0.1) is 9.54 Å². The summed E-state index contributed by atoms with van der Waals surface area (Å²) < 4.78 is 3.59. The molecule has 0 amide bonds. The first-order chi connectivity index (χ1) is 17.2. The van der Waals surface area contributed by atoms with Crippen LogP contribution < -0.4 is 80.0 Å². The molecule has 2 heterocycles. The molecule has 0 fully saturated rings. The van der Waals surface area contributed by atoms with Crippen molar-refractivity contribution in [2.45, 2.75) is 25.9 Å². The van der Waals surface area contributed by atoms with Gasteiger partial charge in [0.05, 0.1) is 35.4 Å². The molecule has 2 atom stereocenters. The molecule has 4 rings (SSSR count). The average Bonchev–Trinajstić information content (AvgIpc) is 3.47. The minimum absolute atomic E-state index is 0. The standard InChI is InChI=1S/2C10H11N5O2S.2Na/c2*1-6(9(16)17)11-7-3-2-4-8(5-7)15-10(18)12-13-14-15;;/h2*2-6,11H,1H3,(H,16,17)(H,12,14,18);;/q;;2*+1/p-2/t2*6-;;/m00../s1. The maximum atomic E-state index is 10.6. The fourth-order valence-electron chi connectivity index (χ4n) is 2.82. The summed E-state index contributed by atoms with van der Waals surface area (Å²) in [5, 5.41) is 46.6. The van der Waals surface area contributed by atoms with E-state index in [0.717, 1.165) is 0 Å². The number of carbonyl (C=O) groups is 2. The second-order valence-corrected chi connectivity index (χ2v) is 8.04. The Labute approximate surface area is 270 Å². The maximum Gasteiger partial charge on any atom is 1.00 e. The van der Waals surface area contributed by atoms with Crippen LogP contribution in [-0.2, 0) is 9.59 Å². The molecule has 0 saturated heterocycles. The second-order valence-electron chi connectivity index (χ2n) is 7.31. The second kappa shape index (κ2) is 15.8. The third-order valence-electron chi connectivity index (χ3n) is 4.63. The molecule has 0 spiro atoms. The van der Waals surface area contributed by atoms with Gasteiger partial charge >= 0.3 is 59.1 Å². The Morgan fingerprint density at radius 2 is 1.16 bits per heavy atom. The minimum atomic E-state index is -1.17. The number of nitrogens with zero attached hydrogens (tertiary/aromatic N) is 6. The zero-order chi connectivity index (χ0) is 26.2. The number of aliphatic carboxylic acids is 2. The van der Waals surface area contributed by atoms with Crippen LogP contribution in [-0.4, -0.2) is 64.4 Å². The van der Waals surface area contributed by atoms with Crippen molar-refractivity contribution in [2.24, 2.45) is 0 Å². The molecule has 0 bridgehead atoms. The van der Waals surface area contributed by atoms with E-state index in [4.69, 9.17) is 24.4 Å². The van der Waals surface area contributed by atoms with Gasteiger partial charge in [0.2, 0.25) is 9.54 Å². The van der Waals surface area contributed by atoms with Gasteiger partial charge in [-0.25, -0.2) is 9.36 Å². The van der Waals surface area contributed by atoms with Crippen LogP contribution >= 0.6 is 24.4 Å². The average molecular weight is 575 g/mol. The van der Waals surface area contributed by atoms with E-state index in [9.17, 15) is 19.8 Å². The van der Waals surface area contributed by atoms with Gasteiger partial charge in [-0.3, -0.25) is 0 Å². The van der Waals surface area contributed by atoms with Gasteiger partial charge in [-0.1, -0.05) is 32.8 Å². The van der Waals surface area contributed by atoms with Crippen LogP contribution in [0.3, 0.4) is 0 Å². The molecule has 0 unspecified atom stereocenters. The van der Waals surface area contributed by atoms with Crippen LogP contribution in [0.5, 0.6) is 0 Å². The first-order valence-corrected chi connectivity index (χ1v) is 11.1. The summed E-state index contributed by atoms with van der Waals surface area (Å²) in [5.74, 6) is -2.33. The monoisotopic (exact) mass is 574 g/mol. The van der Waals surface area contributed by atoms with Gasteiger partial charge in [0.1, 0.15) is 0 Å². The number of aromatic amines is 2. The van der Waals surface area contributed by atoms with Crippen molar-refractivity contribution < 1.29 is 78.9 Å². The summed E-state index contributed by atoms with van der Waals surface area (Å²) in [6.07, 6.45) is 0. The van der Waals surface area contributed by atoms with Crippen LogP contribution in [0.4, 0.5) is 11.4 Å². The SMILES string of the molecule is C[C@H](Nc1cccc(-n2[nH]nnc2=S)c1)C(=O)[O-].C[C@H](Nc1cccc(-n2[nH]nnc2=S)c1)C(=O)[O-].[Na+].[Na+]. The number of hydrogen-bond donors (Lipinski definition) is 4.